The van der Waals surface area contributed by atoms with Crippen LogP contribution in [0.3, 0.4) is 0 Å². The predicted molar refractivity (Wildman–Crippen MR) is 107 cm³/mol. The molecule has 28 heavy (non-hydrogen) atoms. The molecule has 2 N–H and O–H groups in total. The number of amides is 1. The van der Waals surface area contributed by atoms with Gasteiger partial charge in [-0.3, -0.25) is 9.52 Å². The summed E-state index contributed by atoms with van der Waals surface area (Å²) in [4.78, 5) is 12.5. The van der Waals surface area contributed by atoms with Gasteiger partial charge in [0.1, 0.15) is 5.75 Å². The number of anilines is 1. The normalized spacial score (nSPS) is 16.6. The van der Waals surface area contributed by atoms with Crippen molar-refractivity contribution in [3.05, 3.63) is 53.1 Å². The molecule has 1 aliphatic heterocycles. The highest BCUT2D eigenvalue weighted by molar-refractivity contribution is 7.92. The van der Waals surface area contributed by atoms with Crippen molar-refractivity contribution in [2.24, 2.45) is 0 Å². The summed E-state index contributed by atoms with van der Waals surface area (Å²) in [5, 5.41) is 3.01. The second-order valence-corrected chi connectivity index (χ2v) is 8.41. The first-order chi connectivity index (χ1) is 13.4. The van der Waals surface area contributed by atoms with Crippen LogP contribution < -0.4 is 14.8 Å². The van der Waals surface area contributed by atoms with E-state index in [2.05, 4.69) is 10.0 Å². The average Bonchev–Trinajstić information content (AvgIpc) is 3.21. The van der Waals surface area contributed by atoms with E-state index in [1.54, 1.807) is 12.1 Å². The van der Waals surface area contributed by atoms with Gasteiger partial charge in [-0.25, -0.2) is 8.42 Å². The van der Waals surface area contributed by atoms with Crippen molar-refractivity contribution in [3.63, 3.8) is 0 Å². The lowest BCUT2D eigenvalue weighted by atomic mass is 10.2. The van der Waals surface area contributed by atoms with Gasteiger partial charge in [-0.15, -0.1) is 0 Å². The second-order valence-electron chi connectivity index (χ2n) is 6.32. The number of ether oxygens (including phenoxy) is 2. The zero-order valence-electron chi connectivity index (χ0n) is 15.3. The van der Waals surface area contributed by atoms with E-state index in [0.29, 0.717) is 18.9 Å². The third kappa shape index (κ3) is 4.95. The minimum atomic E-state index is -3.82. The zero-order valence-corrected chi connectivity index (χ0v) is 16.8. The number of carbonyl (C=O) groups excluding carboxylic acids is 1. The SMILES string of the molecule is COc1ccc(S(=O)(=O)Nc2ccc(Cl)c(C(=O)NC[C@H]3CCCO3)c2)cc1. The van der Waals surface area contributed by atoms with Crippen LogP contribution in [0.2, 0.25) is 5.02 Å². The number of rotatable bonds is 7. The fourth-order valence-corrected chi connectivity index (χ4v) is 4.09. The average molecular weight is 425 g/mol. The van der Waals surface area contributed by atoms with Crippen molar-refractivity contribution in [2.75, 3.05) is 25.0 Å². The van der Waals surface area contributed by atoms with Gasteiger partial charge in [0.25, 0.3) is 15.9 Å². The molecule has 3 rings (SSSR count). The molecule has 2 aromatic carbocycles. The Morgan fingerprint density at radius 3 is 2.64 bits per heavy atom. The van der Waals surface area contributed by atoms with Crippen molar-refractivity contribution < 1.29 is 22.7 Å². The number of methoxy groups -OCH3 is 1. The summed E-state index contributed by atoms with van der Waals surface area (Å²) in [5.41, 5.74) is 0.428. The van der Waals surface area contributed by atoms with E-state index in [0.717, 1.165) is 12.8 Å². The summed E-state index contributed by atoms with van der Waals surface area (Å²) in [6, 6.07) is 10.4. The number of hydrogen-bond donors (Lipinski definition) is 2. The maximum Gasteiger partial charge on any atom is 0.261 e. The molecular formula is C19H21ClN2O5S. The lowest BCUT2D eigenvalue weighted by molar-refractivity contribution is 0.0858. The molecule has 150 valence electrons. The highest BCUT2D eigenvalue weighted by atomic mass is 35.5. The first-order valence-corrected chi connectivity index (χ1v) is 10.6. The standard InChI is InChI=1S/C19H21ClN2O5S/c1-26-14-5-7-16(8-6-14)28(24,25)22-13-4-9-18(20)17(11-13)19(23)21-12-15-3-2-10-27-15/h4-9,11,15,22H,2-3,10,12H2,1H3,(H,21,23)/t15-/m1/s1. The number of sulfonamides is 1. The van der Waals surface area contributed by atoms with E-state index in [9.17, 15) is 13.2 Å². The van der Waals surface area contributed by atoms with Crippen LogP contribution in [0.25, 0.3) is 0 Å². The first kappa shape index (κ1) is 20.4. The molecule has 0 spiro atoms. The summed E-state index contributed by atoms with van der Waals surface area (Å²) in [6.07, 6.45) is 1.87. The molecule has 0 radical (unpaired) electrons. The molecule has 0 aromatic heterocycles. The van der Waals surface area contributed by atoms with Gasteiger partial charge >= 0.3 is 0 Å². The van der Waals surface area contributed by atoms with E-state index < -0.39 is 10.0 Å². The molecule has 0 saturated carbocycles. The minimum Gasteiger partial charge on any atom is -0.497 e. The van der Waals surface area contributed by atoms with Crippen LogP contribution in [-0.4, -0.2) is 40.7 Å². The Bertz CT molecular complexity index is 941. The molecule has 1 amide bonds. The topological polar surface area (TPSA) is 93.7 Å². The Kier molecular flexibility index (Phi) is 6.43. The number of hydrogen-bond acceptors (Lipinski definition) is 5. The summed E-state index contributed by atoms with van der Waals surface area (Å²) in [6.45, 7) is 1.08. The van der Waals surface area contributed by atoms with Crippen molar-refractivity contribution in [1.82, 2.24) is 5.32 Å². The van der Waals surface area contributed by atoms with E-state index >= 15 is 0 Å². The van der Waals surface area contributed by atoms with Crippen LogP contribution in [-0.2, 0) is 14.8 Å². The third-order valence-electron chi connectivity index (χ3n) is 4.35. The second kappa shape index (κ2) is 8.81. The molecule has 2 aromatic rings. The van der Waals surface area contributed by atoms with Crippen LogP contribution in [0.15, 0.2) is 47.4 Å². The van der Waals surface area contributed by atoms with Gasteiger partial charge < -0.3 is 14.8 Å². The Labute approximate surface area is 169 Å². The van der Waals surface area contributed by atoms with Gasteiger partial charge in [0.05, 0.1) is 28.7 Å². The van der Waals surface area contributed by atoms with Crippen LogP contribution in [0.5, 0.6) is 5.75 Å². The van der Waals surface area contributed by atoms with Gasteiger partial charge in [-0.2, -0.15) is 0 Å². The summed E-state index contributed by atoms with van der Waals surface area (Å²) in [7, 11) is -2.32. The van der Waals surface area contributed by atoms with Crippen molar-refractivity contribution in [3.8, 4) is 5.75 Å². The van der Waals surface area contributed by atoms with Gasteiger partial charge in [0, 0.05) is 18.8 Å². The monoisotopic (exact) mass is 424 g/mol. The van der Waals surface area contributed by atoms with Gasteiger partial charge in [0.2, 0.25) is 0 Å². The van der Waals surface area contributed by atoms with Gasteiger partial charge in [-0.05, 0) is 55.3 Å². The number of carbonyl (C=O) groups is 1. The van der Waals surface area contributed by atoms with E-state index in [1.165, 1.54) is 37.4 Å². The smallest absolute Gasteiger partial charge is 0.261 e. The summed E-state index contributed by atoms with van der Waals surface area (Å²) < 4.78 is 38.1. The predicted octanol–water partition coefficient (Wildman–Crippen LogP) is 3.06. The molecule has 1 saturated heterocycles. The lowest BCUT2D eigenvalue weighted by Crippen LogP contribution is -2.32. The number of benzene rings is 2. The van der Waals surface area contributed by atoms with Crippen LogP contribution in [0.4, 0.5) is 5.69 Å². The molecular weight excluding hydrogens is 404 g/mol. The molecule has 1 aliphatic rings. The fourth-order valence-electron chi connectivity index (χ4n) is 2.84. The lowest BCUT2D eigenvalue weighted by Gasteiger charge is -2.13. The van der Waals surface area contributed by atoms with Crippen LogP contribution in [0.1, 0.15) is 23.2 Å². The third-order valence-corrected chi connectivity index (χ3v) is 6.07. The van der Waals surface area contributed by atoms with Crippen molar-refractivity contribution in [2.45, 2.75) is 23.8 Å². The summed E-state index contributed by atoms with van der Waals surface area (Å²) >= 11 is 6.12. The highest BCUT2D eigenvalue weighted by Crippen LogP contribution is 2.24. The number of nitrogens with one attached hydrogen (secondary N) is 2. The van der Waals surface area contributed by atoms with E-state index in [-0.39, 0.29) is 33.2 Å². The number of halogens is 1. The highest BCUT2D eigenvalue weighted by Gasteiger charge is 2.19. The van der Waals surface area contributed by atoms with Gasteiger partial charge in [-0.1, -0.05) is 11.6 Å². The molecule has 7 nitrogen and oxygen atoms in total. The Balaban J connectivity index is 1.73. The zero-order chi connectivity index (χ0) is 20.1. The minimum absolute atomic E-state index is 0.000479. The maximum atomic E-state index is 12.6. The van der Waals surface area contributed by atoms with E-state index in [1.807, 2.05) is 0 Å². The Morgan fingerprint density at radius 2 is 2.00 bits per heavy atom. The molecule has 1 heterocycles. The van der Waals surface area contributed by atoms with E-state index in [4.69, 9.17) is 21.1 Å². The molecule has 1 atom stereocenters. The molecule has 9 heteroatoms. The molecule has 0 aliphatic carbocycles. The summed E-state index contributed by atoms with van der Waals surface area (Å²) in [5.74, 6) is 0.168. The Hall–Kier alpha value is -2.29. The van der Waals surface area contributed by atoms with Crippen molar-refractivity contribution in [1.29, 1.82) is 0 Å². The largest absolute Gasteiger partial charge is 0.497 e. The molecule has 0 unspecified atom stereocenters. The van der Waals surface area contributed by atoms with Crippen molar-refractivity contribution >= 4 is 33.2 Å². The fraction of sp³-hybridized carbons (Fsp3) is 0.316. The quantitative estimate of drug-likeness (QED) is 0.712. The molecule has 1 fully saturated rings. The van der Waals surface area contributed by atoms with Crippen LogP contribution >= 0.6 is 11.6 Å². The van der Waals surface area contributed by atoms with Crippen LogP contribution in [0, 0.1) is 0 Å². The Morgan fingerprint density at radius 1 is 1.25 bits per heavy atom. The van der Waals surface area contributed by atoms with Gasteiger partial charge in [0.15, 0.2) is 0 Å². The first-order valence-electron chi connectivity index (χ1n) is 8.75. The maximum absolute atomic E-state index is 12.6. The molecule has 0 bridgehead atoms.